The maximum atomic E-state index is 11.3. The van der Waals surface area contributed by atoms with Gasteiger partial charge in [-0.2, -0.15) is 0 Å². The van der Waals surface area contributed by atoms with Crippen molar-refractivity contribution in [2.24, 2.45) is 5.92 Å². The summed E-state index contributed by atoms with van der Waals surface area (Å²) in [6.07, 6.45) is 11.9. The molecule has 1 aliphatic carbocycles. The Morgan fingerprint density at radius 3 is 2.62 bits per heavy atom. The van der Waals surface area contributed by atoms with Crippen LogP contribution in [0, 0.1) is 5.92 Å². The number of thiol groups is 1. The second-order valence-corrected chi connectivity index (χ2v) is 19.2. The molecule has 1 fully saturated rings. The molecule has 0 saturated heterocycles. The summed E-state index contributed by atoms with van der Waals surface area (Å²) < 4.78 is 20.0. The molecule has 164 valence electrons. The zero-order valence-corrected chi connectivity index (χ0v) is 20.5. The number of carbonyl (C=O) groups is 1. The van der Waals surface area contributed by atoms with Gasteiger partial charge < -0.3 is 18.8 Å². The first-order valence-electron chi connectivity index (χ1n) is 10.0. The summed E-state index contributed by atoms with van der Waals surface area (Å²) in [4.78, 5) is 16.0. The number of imidazole rings is 1. The van der Waals surface area contributed by atoms with E-state index in [9.17, 15) is 4.79 Å². The Hall–Kier alpha value is -1.25. The summed E-state index contributed by atoms with van der Waals surface area (Å²) in [5.41, 5.74) is 1.73. The third-order valence-electron chi connectivity index (χ3n) is 4.81. The first kappa shape index (κ1) is 22.4. The minimum Gasteiger partial charge on any atom is -0.492 e. The second-order valence-electron chi connectivity index (χ2n) is 9.97. The SMILES string of the molecule is CC(=O)OCc1nc2cc(OCC3CC3)c(Br)cc2n1COCC[SH](C)(C)(C)C. The number of fused-ring (bicyclic) bond motifs is 1. The monoisotopic (exact) mass is 488 g/mol. The molecule has 6 nitrogen and oxygen atoms in total. The van der Waals surface area contributed by atoms with Gasteiger partial charge in [-0.25, -0.2) is 4.98 Å². The summed E-state index contributed by atoms with van der Waals surface area (Å²) in [6.45, 7) is 3.31. The van der Waals surface area contributed by atoms with Crippen molar-refractivity contribution in [3.8, 4) is 5.75 Å². The molecule has 0 spiro atoms. The quantitative estimate of drug-likeness (QED) is 0.308. The van der Waals surface area contributed by atoms with Gasteiger partial charge in [-0.1, -0.05) is 0 Å². The van der Waals surface area contributed by atoms with Crippen LogP contribution in [0.4, 0.5) is 0 Å². The van der Waals surface area contributed by atoms with E-state index in [4.69, 9.17) is 14.2 Å². The Morgan fingerprint density at radius 1 is 1.28 bits per heavy atom. The van der Waals surface area contributed by atoms with E-state index in [2.05, 4.69) is 45.9 Å². The number of ether oxygens (including phenoxy) is 3. The number of halogens is 1. The largest absolute Gasteiger partial charge is 0.492 e. The third-order valence-corrected chi connectivity index (χ3v) is 7.40. The lowest BCUT2D eigenvalue weighted by Gasteiger charge is -2.46. The molecular formula is C21H33BrN2O4S. The van der Waals surface area contributed by atoms with E-state index >= 15 is 0 Å². The molecule has 0 radical (unpaired) electrons. The minimum atomic E-state index is -1.61. The van der Waals surface area contributed by atoms with Crippen molar-refractivity contribution in [1.82, 2.24) is 9.55 Å². The van der Waals surface area contributed by atoms with E-state index in [1.807, 2.05) is 16.7 Å². The molecule has 8 heteroatoms. The summed E-state index contributed by atoms with van der Waals surface area (Å²) in [5, 5.41) is 0. The lowest BCUT2D eigenvalue weighted by atomic mass is 10.3. The normalized spacial score (nSPS) is 15.9. The Kier molecular flexibility index (Phi) is 6.56. The van der Waals surface area contributed by atoms with Gasteiger partial charge in [0.05, 0.1) is 28.7 Å². The van der Waals surface area contributed by atoms with Crippen LogP contribution >= 0.6 is 25.1 Å². The number of nitrogens with zero attached hydrogens (tertiary/aromatic N) is 2. The highest BCUT2D eigenvalue weighted by Gasteiger charge is 2.23. The van der Waals surface area contributed by atoms with Crippen molar-refractivity contribution in [2.45, 2.75) is 33.1 Å². The van der Waals surface area contributed by atoms with Gasteiger partial charge >= 0.3 is 5.97 Å². The summed E-state index contributed by atoms with van der Waals surface area (Å²) in [5.74, 6) is 2.86. The van der Waals surface area contributed by atoms with Gasteiger partial charge in [-0.15, -0.1) is 0 Å². The first-order valence-corrected chi connectivity index (χ1v) is 15.0. The van der Waals surface area contributed by atoms with Crippen LogP contribution in [0.5, 0.6) is 5.75 Å². The van der Waals surface area contributed by atoms with E-state index < -0.39 is 9.16 Å². The van der Waals surface area contributed by atoms with Crippen LogP contribution in [-0.4, -0.2) is 59.5 Å². The fourth-order valence-electron chi connectivity index (χ4n) is 2.79. The van der Waals surface area contributed by atoms with Crippen molar-refractivity contribution in [2.75, 3.05) is 44.0 Å². The lowest BCUT2D eigenvalue weighted by Crippen LogP contribution is -2.20. The van der Waals surface area contributed by atoms with Crippen LogP contribution < -0.4 is 4.74 Å². The highest BCUT2D eigenvalue weighted by atomic mass is 79.9. The average molecular weight is 489 g/mol. The Balaban J connectivity index is 1.80. The smallest absolute Gasteiger partial charge is 0.303 e. The van der Waals surface area contributed by atoms with Crippen molar-refractivity contribution in [3.63, 3.8) is 0 Å². The number of benzene rings is 1. The zero-order chi connectivity index (χ0) is 21.3. The standard InChI is InChI=1S/C21H33BrN2O4S/c1-15(25)27-13-21-23-18-11-20(28-12-16-6-7-16)17(22)10-19(18)24(21)14-26-8-9-29(2,3,4)5/h10-11,16,29H,6-9,12-14H2,1-5H3. The molecule has 0 aliphatic heterocycles. The number of rotatable bonds is 10. The molecule has 0 unspecified atom stereocenters. The first-order chi connectivity index (χ1) is 13.5. The highest BCUT2D eigenvalue weighted by molar-refractivity contribution is 9.10. The molecule has 0 atom stereocenters. The van der Waals surface area contributed by atoms with Crippen LogP contribution in [0.25, 0.3) is 11.0 Å². The van der Waals surface area contributed by atoms with Crippen molar-refractivity contribution < 1.29 is 19.0 Å². The molecule has 3 rings (SSSR count). The molecule has 1 aromatic heterocycles. The van der Waals surface area contributed by atoms with Crippen LogP contribution in [0.2, 0.25) is 0 Å². The number of esters is 1. The van der Waals surface area contributed by atoms with E-state index in [-0.39, 0.29) is 12.6 Å². The zero-order valence-electron chi connectivity index (χ0n) is 18.0. The topological polar surface area (TPSA) is 62.6 Å². The van der Waals surface area contributed by atoms with Crippen LogP contribution in [0.3, 0.4) is 0 Å². The molecule has 1 heterocycles. The second kappa shape index (κ2) is 8.47. The van der Waals surface area contributed by atoms with Crippen LogP contribution in [-0.2, 0) is 27.6 Å². The predicted molar refractivity (Wildman–Crippen MR) is 125 cm³/mol. The molecule has 0 amide bonds. The predicted octanol–water partition coefficient (Wildman–Crippen LogP) is 4.22. The highest BCUT2D eigenvalue weighted by Crippen LogP contribution is 2.54. The Bertz CT molecular complexity index is 890. The molecule has 2 aromatic rings. The molecule has 1 saturated carbocycles. The van der Waals surface area contributed by atoms with Crippen molar-refractivity contribution in [3.05, 3.63) is 22.4 Å². The van der Waals surface area contributed by atoms with Gasteiger partial charge in [0.25, 0.3) is 0 Å². The molecule has 1 aromatic carbocycles. The van der Waals surface area contributed by atoms with Crippen LogP contribution in [0.15, 0.2) is 16.6 Å². The van der Waals surface area contributed by atoms with Gasteiger partial charge in [0.1, 0.15) is 24.9 Å². The molecule has 0 bridgehead atoms. The number of carbonyl (C=O) groups excluding carboxylic acids is 1. The van der Waals surface area contributed by atoms with Gasteiger partial charge in [-0.05, 0) is 71.5 Å². The lowest BCUT2D eigenvalue weighted by molar-refractivity contribution is -0.142. The Morgan fingerprint density at radius 2 is 2.00 bits per heavy atom. The Labute approximate surface area is 181 Å². The van der Waals surface area contributed by atoms with Crippen molar-refractivity contribution in [1.29, 1.82) is 0 Å². The number of aromatic nitrogens is 2. The summed E-state index contributed by atoms with van der Waals surface area (Å²) >= 11 is 3.62. The number of hydrogen-bond donors (Lipinski definition) is 1. The molecular weight excluding hydrogens is 456 g/mol. The van der Waals surface area contributed by atoms with Crippen LogP contribution in [0.1, 0.15) is 25.6 Å². The van der Waals surface area contributed by atoms with Crippen molar-refractivity contribution >= 4 is 42.1 Å². The van der Waals surface area contributed by atoms with Gasteiger partial charge in [0.2, 0.25) is 0 Å². The third kappa shape index (κ3) is 6.89. The van der Waals surface area contributed by atoms with Gasteiger partial charge in [-0.3, -0.25) is 14.0 Å². The summed E-state index contributed by atoms with van der Waals surface area (Å²) in [7, 11) is -1.61. The maximum absolute atomic E-state index is 11.3. The van der Waals surface area contributed by atoms with Gasteiger partial charge in [0.15, 0.2) is 0 Å². The fraction of sp³-hybridized carbons (Fsp3) is 0.619. The maximum Gasteiger partial charge on any atom is 0.303 e. The molecule has 0 N–H and O–H groups in total. The van der Waals surface area contributed by atoms with E-state index in [1.54, 1.807) is 0 Å². The fourth-order valence-corrected chi connectivity index (χ4v) is 4.09. The number of hydrogen-bond acceptors (Lipinski definition) is 5. The van der Waals surface area contributed by atoms with E-state index in [0.717, 1.165) is 33.6 Å². The molecule has 1 aliphatic rings. The minimum absolute atomic E-state index is 0.117. The van der Waals surface area contributed by atoms with E-state index in [1.165, 1.54) is 19.8 Å². The summed E-state index contributed by atoms with van der Waals surface area (Å²) in [6, 6.07) is 3.95. The molecule has 29 heavy (non-hydrogen) atoms. The van der Waals surface area contributed by atoms with Gasteiger partial charge in [0, 0.05) is 13.0 Å². The van der Waals surface area contributed by atoms with E-state index in [0.29, 0.717) is 25.1 Å². The average Bonchev–Trinajstić information content (AvgIpc) is 3.36.